The third kappa shape index (κ3) is 1.38. The SMILES string of the molecule is CNC1CCC2(CC2)c2c(Br)cccc21. The van der Waals surface area contributed by atoms with E-state index in [1.807, 2.05) is 0 Å². The van der Waals surface area contributed by atoms with Crippen molar-refractivity contribution in [2.75, 3.05) is 7.05 Å². The summed E-state index contributed by atoms with van der Waals surface area (Å²) in [6.07, 6.45) is 5.42. The molecular weight excluding hydrogens is 250 g/mol. The van der Waals surface area contributed by atoms with Crippen molar-refractivity contribution in [1.29, 1.82) is 0 Å². The highest BCUT2D eigenvalue weighted by atomic mass is 79.9. The van der Waals surface area contributed by atoms with Gasteiger partial charge in [-0.15, -0.1) is 0 Å². The second-order valence-electron chi connectivity index (χ2n) is 4.86. The Hall–Kier alpha value is -0.340. The molecule has 0 radical (unpaired) electrons. The molecule has 0 bridgehead atoms. The molecule has 2 heteroatoms. The van der Waals surface area contributed by atoms with Gasteiger partial charge in [0, 0.05) is 10.5 Å². The fourth-order valence-corrected chi connectivity index (χ4v) is 3.84. The van der Waals surface area contributed by atoms with Crippen molar-refractivity contribution in [2.24, 2.45) is 0 Å². The number of hydrogen-bond donors (Lipinski definition) is 1. The van der Waals surface area contributed by atoms with E-state index in [0.29, 0.717) is 11.5 Å². The Morgan fingerprint density at radius 1 is 1.33 bits per heavy atom. The summed E-state index contributed by atoms with van der Waals surface area (Å²) in [6, 6.07) is 7.20. The van der Waals surface area contributed by atoms with Crippen molar-refractivity contribution in [3.63, 3.8) is 0 Å². The van der Waals surface area contributed by atoms with Gasteiger partial charge in [-0.1, -0.05) is 28.1 Å². The van der Waals surface area contributed by atoms with Gasteiger partial charge >= 0.3 is 0 Å². The maximum atomic E-state index is 3.73. The number of nitrogens with one attached hydrogen (secondary N) is 1. The Labute approximate surface area is 99.4 Å². The minimum absolute atomic E-state index is 0.544. The number of rotatable bonds is 1. The molecule has 1 atom stereocenters. The first kappa shape index (κ1) is 9.86. The zero-order chi connectivity index (χ0) is 10.5. The lowest BCUT2D eigenvalue weighted by molar-refractivity contribution is 0.433. The van der Waals surface area contributed by atoms with Crippen LogP contribution in [-0.4, -0.2) is 7.05 Å². The topological polar surface area (TPSA) is 12.0 Å². The van der Waals surface area contributed by atoms with Crippen LogP contribution in [0.15, 0.2) is 22.7 Å². The van der Waals surface area contributed by atoms with Gasteiger partial charge in [0.25, 0.3) is 0 Å². The lowest BCUT2D eigenvalue weighted by Gasteiger charge is -2.32. The average molecular weight is 266 g/mol. The third-order valence-corrected chi connectivity index (χ3v) is 4.73. The molecule has 0 saturated heterocycles. The summed E-state index contributed by atoms with van der Waals surface area (Å²) >= 11 is 3.73. The van der Waals surface area contributed by atoms with Crippen molar-refractivity contribution < 1.29 is 0 Å². The molecule has 0 heterocycles. The smallest absolute Gasteiger partial charge is 0.0321 e. The lowest BCUT2D eigenvalue weighted by atomic mass is 9.78. The molecule has 1 spiro atoms. The summed E-state index contributed by atoms with van der Waals surface area (Å²) in [4.78, 5) is 0. The van der Waals surface area contributed by atoms with Crippen LogP contribution in [-0.2, 0) is 5.41 Å². The predicted octanol–water partition coefficient (Wildman–Crippen LogP) is 3.54. The average Bonchev–Trinajstić information content (AvgIpc) is 2.99. The van der Waals surface area contributed by atoms with E-state index in [2.05, 4.69) is 46.5 Å². The molecule has 1 fully saturated rings. The van der Waals surface area contributed by atoms with E-state index in [9.17, 15) is 0 Å². The first-order valence-corrected chi connectivity index (χ1v) is 6.52. The quantitative estimate of drug-likeness (QED) is 0.819. The fourth-order valence-electron chi connectivity index (χ4n) is 3.04. The Morgan fingerprint density at radius 3 is 2.80 bits per heavy atom. The summed E-state index contributed by atoms with van der Waals surface area (Å²) in [5.41, 5.74) is 3.66. The molecule has 3 rings (SSSR count). The molecule has 1 nitrogen and oxygen atoms in total. The van der Waals surface area contributed by atoms with Crippen molar-refractivity contribution in [3.05, 3.63) is 33.8 Å². The second-order valence-corrected chi connectivity index (χ2v) is 5.72. The van der Waals surface area contributed by atoms with Gasteiger partial charge in [0.2, 0.25) is 0 Å². The summed E-state index contributed by atoms with van der Waals surface area (Å²) in [6.45, 7) is 0. The van der Waals surface area contributed by atoms with Crippen LogP contribution >= 0.6 is 15.9 Å². The number of benzene rings is 1. The standard InChI is InChI=1S/C13H16BrN/c1-15-11-5-6-13(7-8-13)12-9(11)3-2-4-10(12)14/h2-4,11,15H,5-8H2,1H3. The lowest BCUT2D eigenvalue weighted by Crippen LogP contribution is -2.27. The van der Waals surface area contributed by atoms with E-state index in [1.54, 1.807) is 5.56 Å². The van der Waals surface area contributed by atoms with Crippen molar-refractivity contribution in [3.8, 4) is 0 Å². The maximum Gasteiger partial charge on any atom is 0.0321 e. The molecular formula is C13H16BrN. The van der Waals surface area contributed by atoms with Gasteiger partial charge in [-0.3, -0.25) is 0 Å². The number of halogens is 1. The van der Waals surface area contributed by atoms with Crippen LogP contribution in [0.5, 0.6) is 0 Å². The van der Waals surface area contributed by atoms with Gasteiger partial charge in [0.1, 0.15) is 0 Å². The zero-order valence-electron chi connectivity index (χ0n) is 9.02. The molecule has 2 aliphatic carbocycles. The summed E-state index contributed by atoms with van der Waals surface area (Å²) in [5.74, 6) is 0. The minimum Gasteiger partial charge on any atom is -0.313 e. The van der Waals surface area contributed by atoms with Gasteiger partial charge in [-0.25, -0.2) is 0 Å². The normalized spacial score (nSPS) is 26.4. The van der Waals surface area contributed by atoms with Crippen LogP contribution in [0, 0.1) is 0 Å². The van der Waals surface area contributed by atoms with E-state index in [-0.39, 0.29) is 0 Å². The predicted molar refractivity (Wildman–Crippen MR) is 66.1 cm³/mol. The highest BCUT2D eigenvalue weighted by Gasteiger charge is 2.49. The van der Waals surface area contributed by atoms with Crippen LogP contribution in [0.3, 0.4) is 0 Å². The highest BCUT2D eigenvalue weighted by molar-refractivity contribution is 9.10. The monoisotopic (exact) mass is 265 g/mol. The largest absolute Gasteiger partial charge is 0.313 e. The molecule has 15 heavy (non-hydrogen) atoms. The number of fused-ring (bicyclic) bond motifs is 2. The van der Waals surface area contributed by atoms with E-state index < -0.39 is 0 Å². The first-order chi connectivity index (χ1) is 7.27. The molecule has 0 amide bonds. The summed E-state index contributed by atoms with van der Waals surface area (Å²) in [7, 11) is 2.07. The van der Waals surface area contributed by atoms with E-state index in [1.165, 1.54) is 35.7 Å². The van der Waals surface area contributed by atoms with Crippen LogP contribution in [0.25, 0.3) is 0 Å². The van der Waals surface area contributed by atoms with Gasteiger partial charge in [-0.05, 0) is 55.3 Å². The van der Waals surface area contributed by atoms with Crippen LogP contribution in [0.4, 0.5) is 0 Å². The third-order valence-electron chi connectivity index (χ3n) is 4.07. The minimum atomic E-state index is 0.544. The second kappa shape index (κ2) is 3.33. The molecule has 1 aromatic carbocycles. The molecule has 80 valence electrons. The summed E-state index contributed by atoms with van der Waals surface area (Å²) in [5, 5.41) is 3.43. The molecule has 1 aromatic rings. The highest BCUT2D eigenvalue weighted by Crippen LogP contribution is 2.59. The van der Waals surface area contributed by atoms with Crippen LogP contribution < -0.4 is 5.32 Å². The van der Waals surface area contributed by atoms with Crippen LogP contribution in [0.2, 0.25) is 0 Å². The van der Waals surface area contributed by atoms with Gasteiger partial charge in [0.15, 0.2) is 0 Å². The van der Waals surface area contributed by atoms with Crippen molar-refractivity contribution >= 4 is 15.9 Å². The zero-order valence-corrected chi connectivity index (χ0v) is 10.6. The Bertz CT molecular complexity index is 396. The Morgan fingerprint density at radius 2 is 2.13 bits per heavy atom. The molecule has 0 aliphatic heterocycles. The maximum absolute atomic E-state index is 3.73. The van der Waals surface area contributed by atoms with Gasteiger partial charge in [0.05, 0.1) is 0 Å². The van der Waals surface area contributed by atoms with E-state index in [0.717, 1.165) is 0 Å². The number of hydrogen-bond acceptors (Lipinski definition) is 1. The van der Waals surface area contributed by atoms with Gasteiger partial charge in [-0.2, -0.15) is 0 Å². The Kier molecular flexibility index (Phi) is 2.18. The van der Waals surface area contributed by atoms with E-state index in [4.69, 9.17) is 0 Å². The molecule has 1 N–H and O–H groups in total. The first-order valence-electron chi connectivity index (χ1n) is 5.73. The molecule has 0 aromatic heterocycles. The van der Waals surface area contributed by atoms with Gasteiger partial charge < -0.3 is 5.32 Å². The molecule has 2 aliphatic rings. The fraction of sp³-hybridized carbons (Fsp3) is 0.538. The van der Waals surface area contributed by atoms with E-state index >= 15 is 0 Å². The summed E-state index contributed by atoms with van der Waals surface area (Å²) < 4.78 is 1.32. The van der Waals surface area contributed by atoms with Crippen LogP contribution in [0.1, 0.15) is 42.9 Å². The molecule has 1 saturated carbocycles. The van der Waals surface area contributed by atoms with Crippen molar-refractivity contribution in [1.82, 2.24) is 5.32 Å². The Balaban J connectivity index is 2.16. The molecule has 1 unspecified atom stereocenters. The van der Waals surface area contributed by atoms with Crippen molar-refractivity contribution in [2.45, 2.75) is 37.1 Å².